The lowest BCUT2D eigenvalue weighted by atomic mass is 9.72. The molecule has 0 aliphatic heterocycles. The number of methoxy groups -OCH3 is 1. The van der Waals surface area contributed by atoms with Gasteiger partial charge in [0, 0.05) is 22.0 Å². The van der Waals surface area contributed by atoms with Crippen molar-refractivity contribution < 1.29 is 4.74 Å². The third kappa shape index (κ3) is 3.68. The summed E-state index contributed by atoms with van der Waals surface area (Å²) < 4.78 is 5.49. The van der Waals surface area contributed by atoms with Gasteiger partial charge in [-0.25, -0.2) is 4.99 Å². The predicted octanol–water partition coefficient (Wildman–Crippen LogP) is 6.68. The van der Waals surface area contributed by atoms with E-state index in [1.165, 1.54) is 10.4 Å². The smallest absolute Gasteiger partial charge is 0.134 e. The molecule has 0 N–H and O–H groups in total. The van der Waals surface area contributed by atoms with Crippen molar-refractivity contribution in [3.63, 3.8) is 0 Å². The van der Waals surface area contributed by atoms with Crippen LogP contribution in [0.4, 0.5) is 5.00 Å². The van der Waals surface area contributed by atoms with E-state index in [0.29, 0.717) is 11.3 Å². The maximum Gasteiger partial charge on any atom is 0.134 e. The first-order chi connectivity index (χ1) is 13.9. The van der Waals surface area contributed by atoms with E-state index in [0.717, 1.165) is 51.9 Å². The summed E-state index contributed by atoms with van der Waals surface area (Å²) >= 11 is 1.69. The summed E-state index contributed by atoms with van der Waals surface area (Å²) in [5, 5.41) is 12.8. The average Bonchev–Trinajstić information content (AvgIpc) is 3.08. The highest BCUT2D eigenvalue weighted by molar-refractivity contribution is 7.16. The third-order valence-electron chi connectivity index (χ3n) is 6.04. The van der Waals surface area contributed by atoms with Crippen molar-refractivity contribution in [3.05, 3.63) is 58.0 Å². The van der Waals surface area contributed by atoms with Gasteiger partial charge in [-0.05, 0) is 53.7 Å². The Morgan fingerprint density at radius 2 is 1.93 bits per heavy atom. The maximum absolute atomic E-state index is 9.79. The van der Waals surface area contributed by atoms with E-state index < -0.39 is 0 Å². The number of fused-ring (bicyclic) bond motifs is 2. The van der Waals surface area contributed by atoms with Crippen molar-refractivity contribution in [2.75, 3.05) is 7.11 Å². The molecule has 0 amide bonds. The second-order valence-electron chi connectivity index (χ2n) is 8.76. The SMILES string of the molecule is COc1ccc(C=Nc2sc3c(c2C#N)CC[C@@H](C(C)(C)C)C3)c2ccccc12. The molecule has 4 heteroatoms. The van der Waals surface area contributed by atoms with E-state index in [9.17, 15) is 5.26 Å². The minimum Gasteiger partial charge on any atom is -0.496 e. The van der Waals surface area contributed by atoms with Gasteiger partial charge in [0.15, 0.2) is 0 Å². The fourth-order valence-corrected chi connectivity index (χ4v) is 5.45. The van der Waals surface area contributed by atoms with Crippen molar-refractivity contribution in [2.24, 2.45) is 16.3 Å². The molecule has 0 radical (unpaired) electrons. The number of benzene rings is 2. The Bertz CT molecular complexity index is 1130. The molecular weight excluding hydrogens is 376 g/mol. The van der Waals surface area contributed by atoms with Gasteiger partial charge in [0.25, 0.3) is 0 Å². The summed E-state index contributed by atoms with van der Waals surface area (Å²) in [5.41, 5.74) is 3.32. The summed E-state index contributed by atoms with van der Waals surface area (Å²) in [6.45, 7) is 6.94. The predicted molar refractivity (Wildman–Crippen MR) is 122 cm³/mol. The monoisotopic (exact) mass is 402 g/mol. The van der Waals surface area contributed by atoms with Gasteiger partial charge in [-0.1, -0.05) is 45.0 Å². The van der Waals surface area contributed by atoms with Crippen LogP contribution in [-0.2, 0) is 12.8 Å². The van der Waals surface area contributed by atoms with Crippen LogP contribution in [0.2, 0.25) is 0 Å². The van der Waals surface area contributed by atoms with Gasteiger partial charge in [0.1, 0.15) is 16.8 Å². The number of nitrogens with zero attached hydrogens (tertiary/aromatic N) is 2. The van der Waals surface area contributed by atoms with E-state index in [2.05, 4.69) is 39.0 Å². The molecule has 29 heavy (non-hydrogen) atoms. The topological polar surface area (TPSA) is 45.4 Å². The molecule has 0 spiro atoms. The molecule has 3 aromatic rings. The van der Waals surface area contributed by atoms with Crippen LogP contribution < -0.4 is 4.74 Å². The molecule has 148 valence electrons. The van der Waals surface area contributed by atoms with Crippen LogP contribution in [0.3, 0.4) is 0 Å². The zero-order chi connectivity index (χ0) is 20.6. The Morgan fingerprint density at radius 3 is 2.62 bits per heavy atom. The van der Waals surface area contributed by atoms with Crippen LogP contribution in [0.15, 0.2) is 41.4 Å². The molecule has 0 saturated carbocycles. The highest BCUT2D eigenvalue weighted by Crippen LogP contribution is 2.45. The first kappa shape index (κ1) is 19.7. The standard InChI is InChI=1S/C25H26N2OS/c1-25(2,3)17-10-11-20-21(14-26)24(29-23(20)13-17)27-15-16-9-12-22(28-4)19-8-6-5-7-18(16)19/h5-9,12,15,17H,10-11,13H2,1-4H3/t17-/m1/s1. The average molecular weight is 403 g/mol. The first-order valence-corrected chi connectivity index (χ1v) is 10.9. The number of rotatable bonds is 3. The Hall–Kier alpha value is -2.64. The third-order valence-corrected chi connectivity index (χ3v) is 7.20. The van der Waals surface area contributed by atoms with Crippen molar-refractivity contribution in [3.8, 4) is 11.8 Å². The number of ether oxygens (including phenoxy) is 1. The maximum atomic E-state index is 9.79. The molecule has 1 heterocycles. The lowest BCUT2D eigenvalue weighted by Gasteiger charge is -2.33. The lowest BCUT2D eigenvalue weighted by molar-refractivity contribution is 0.218. The molecule has 1 aliphatic rings. The van der Waals surface area contributed by atoms with E-state index >= 15 is 0 Å². The molecule has 2 aromatic carbocycles. The van der Waals surface area contributed by atoms with Gasteiger partial charge in [0.05, 0.1) is 12.7 Å². The quantitative estimate of drug-likeness (QED) is 0.459. The number of hydrogen-bond acceptors (Lipinski definition) is 4. The molecule has 4 rings (SSSR count). The molecule has 0 saturated heterocycles. The van der Waals surface area contributed by atoms with E-state index in [1.54, 1.807) is 18.4 Å². The zero-order valence-corrected chi connectivity index (χ0v) is 18.3. The summed E-state index contributed by atoms with van der Waals surface area (Å²) in [6, 6.07) is 14.6. The molecule has 0 bridgehead atoms. The van der Waals surface area contributed by atoms with E-state index in [1.807, 2.05) is 30.5 Å². The van der Waals surface area contributed by atoms with Crippen molar-refractivity contribution in [1.29, 1.82) is 5.26 Å². The molecular formula is C25H26N2OS. The minimum absolute atomic E-state index is 0.292. The van der Waals surface area contributed by atoms with Crippen LogP contribution in [0.1, 0.15) is 48.8 Å². The Morgan fingerprint density at radius 1 is 1.17 bits per heavy atom. The number of hydrogen-bond donors (Lipinski definition) is 0. The van der Waals surface area contributed by atoms with Gasteiger partial charge in [-0.15, -0.1) is 11.3 Å². The first-order valence-electron chi connectivity index (χ1n) is 10.1. The zero-order valence-electron chi connectivity index (χ0n) is 17.5. The second-order valence-corrected chi connectivity index (χ2v) is 9.85. The fourth-order valence-electron chi connectivity index (χ4n) is 4.23. The van der Waals surface area contributed by atoms with Gasteiger partial charge in [-0.2, -0.15) is 5.26 Å². The highest BCUT2D eigenvalue weighted by Gasteiger charge is 2.32. The summed E-state index contributed by atoms with van der Waals surface area (Å²) in [5.74, 6) is 1.51. The van der Waals surface area contributed by atoms with Crippen molar-refractivity contribution in [2.45, 2.75) is 40.0 Å². The van der Waals surface area contributed by atoms with Gasteiger partial charge < -0.3 is 4.74 Å². The van der Waals surface area contributed by atoms with Crippen LogP contribution in [0.5, 0.6) is 5.75 Å². The van der Waals surface area contributed by atoms with Crippen LogP contribution in [-0.4, -0.2) is 13.3 Å². The summed E-state index contributed by atoms with van der Waals surface area (Å²) in [7, 11) is 1.69. The lowest BCUT2D eigenvalue weighted by Crippen LogP contribution is -2.26. The van der Waals surface area contributed by atoms with Gasteiger partial charge in [-0.3, -0.25) is 0 Å². The van der Waals surface area contributed by atoms with E-state index in [-0.39, 0.29) is 0 Å². The van der Waals surface area contributed by atoms with Gasteiger partial charge >= 0.3 is 0 Å². The number of thiophene rings is 1. The van der Waals surface area contributed by atoms with Crippen LogP contribution in [0, 0.1) is 22.7 Å². The Kier molecular flexibility index (Phi) is 5.19. The van der Waals surface area contributed by atoms with Gasteiger partial charge in [0.2, 0.25) is 0 Å². The van der Waals surface area contributed by atoms with Crippen LogP contribution in [0.25, 0.3) is 10.8 Å². The second kappa shape index (κ2) is 7.65. The summed E-state index contributed by atoms with van der Waals surface area (Å²) in [4.78, 5) is 6.12. The molecule has 1 aliphatic carbocycles. The molecule has 0 unspecified atom stereocenters. The Labute approximate surface area is 176 Å². The van der Waals surface area contributed by atoms with Crippen molar-refractivity contribution >= 4 is 33.3 Å². The largest absolute Gasteiger partial charge is 0.496 e. The molecule has 1 aromatic heterocycles. The van der Waals surface area contributed by atoms with Crippen LogP contribution >= 0.6 is 11.3 Å². The molecule has 3 nitrogen and oxygen atoms in total. The normalized spacial score (nSPS) is 16.7. The Balaban J connectivity index is 1.71. The minimum atomic E-state index is 0.292. The number of nitriles is 1. The number of aliphatic imine (C=N–C) groups is 1. The van der Waals surface area contributed by atoms with E-state index in [4.69, 9.17) is 9.73 Å². The molecule has 0 fully saturated rings. The summed E-state index contributed by atoms with van der Waals surface area (Å²) in [6.07, 6.45) is 5.08. The highest BCUT2D eigenvalue weighted by atomic mass is 32.1. The fraction of sp³-hybridized carbons (Fsp3) is 0.360. The molecule has 1 atom stereocenters. The van der Waals surface area contributed by atoms with Crippen molar-refractivity contribution in [1.82, 2.24) is 0 Å².